The average molecular weight is 375 g/mol. The fourth-order valence-corrected chi connectivity index (χ4v) is 2.61. The molecule has 2 aromatic rings. The lowest BCUT2D eigenvalue weighted by atomic mass is 10.2. The first-order valence-corrected chi connectivity index (χ1v) is 8.62. The Morgan fingerprint density at radius 3 is 2.56 bits per heavy atom. The molecule has 0 aliphatic carbocycles. The fourth-order valence-electron chi connectivity index (χ4n) is 2.61. The molecule has 1 aromatic carbocycles. The van der Waals surface area contributed by atoms with Crippen LogP contribution in [-0.4, -0.2) is 55.0 Å². The highest BCUT2D eigenvalue weighted by Gasteiger charge is 2.14. The van der Waals surface area contributed by atoms with Crippen molar-refractivity contribution < 1.29 is 19.0 Å². The zero-order valence-electron chi connectivity index (χ0n) is 14.8. The van der Waals surface area contributed by atoms with Gasteiger partial charge in [0.15, 0.2) is 0 Å². The minimum atomic E-state index is -0.551. The number of nitrogens with one attached hydrogen (secondary N) is 1. The third-order valence-electron chi connectivity index (χ3n) is 4.05. The quantitative estimate of drug-likeness (QED) is 0.545. The first kappa shape index (κ1) is 18.9. The van der Waals surface area contributed by atoms with Crippen LogP contribution in [0.3, 0.4) is 0 Å². The number of carbonyl (C=O) groups is 1. The first-order valence-electron chi connectivity index (χ1n) is 8.62. The van der Waals surface area contributed by atoms with E-state index in [0.717, 1.165) is 4.57 Å². The van der Waals surface area contributed by atoms with Gasteiger partial charge in [-0.1, -0.05) is 18.2 Å². The molecule has 1 aliphatic heterocycles. The molecular formula is C18H21N3O6. The Kier molecular flexibility index (Phi) is 6.39. The maximum absolute atomic E-state index is 12.2. The summed E-state index contributed by atoms with van der Waals surface area (Å²) in [5.74, 6) is 0.0189. The summed E-state index contributed by atoms with van der Waals surface area (Å²) in [6, 6.07) is 9.96. The molecule has 0 spiro atoms. The maximum Gasteiger partial charge on any atom is 0.338 e. The molecule has 9 nitrogen and oxygen atoms in total. The van der Waals surface area contributed by atoms with Crippen LogP contribution < -0.4 is 16.1 Å². The van der Waals surface area contributed by atoms with Gasteiger partial charge in [0.1, 0.15) is 19.2 Å². The number of H-pyrrole nitrogens is 1. The standard InChI is InChI=1S/C18H21N3O6/c22-16-12-15(20-6-8-25-9-7-20)19-18(24)21(16)13-26-10-11-27-17(23)14-4-2-1-3-5-14/h1-5,12H,6-11,13H2,(H,19,24). The number of nitrogens with zero attached hydrogens (tertiary/aromatic N) is 2. The number of morpholine rings is 1. The van der Waals surface area contributed by atoms with Crippen LogP contribution in [0.4, 0.5) is 5.82 Å². The van der Waals surface area contributed by atoms with E-state index in [0.29, 0.717) is 37.7 Å². The Morgan fingerprint density at radius 1 is 1.11 bits per heavy atom. The second-order valence-electron chi connectivity index (χ2n) is 5.86. The van der Waals surface area contributed by atoms with E-state index in [1.807, 2.05) is 4.90 Å². The highest BCUT2D eigenvalue weighted by atomic mass is 16.6. The summed E-state index contributed by atoms with van der Waals surface area (Å²) >= 11 is 0. The summed E-state index contributed by atoms with van der Waals surface area (Å²) in [4.78, 5) is 40.7. The fraction of sp³-hybridized carbons (Fsp3) is 0.389. The number of ether oxygens (including phenoxy) is 3. The lowest BCUT2D eigenvalue weighted by Crippen LogP contribution is -2.42. The van der Waals surface area contributed by atoms with Gasteiger partial charge in [0, 0.05) is 19.2 Å². The monoisotopic (exact) mass is 375 g/mol. The van der Waals surface area contributed by atoms with Gasteiger partial charge in [-0.15, -0.1) is 0 Å². The smallest absolute Gasteiger partial charge is 0.338 e. The molecule has 1 fully saturated rings. The van der Waals surface area contributed by atoms with Crippen LogP contribution in [0.2, 0.25) is 0 Å². The van der Waals surface area contributed by atoms with Gasteiger partial charge in [-0.05, 0) is 12.1 Å². The van der Waals surface area contributed by atoms with E-state index in [-0.39, 0.29) is 19.9 Å². The molecule has 3 rings (SSSR count). The zero-order valence-corrected chi connectivity index (χ0v) is 14.8. The van der Waals surface area contributed by atoms with E-state index in [9.17, 15) is 14.4 Å². The molecule has 0 unspecified atom stereocenters. The van der Waals surface area contributed by atoms with E-state index < -0.39 is 17.2 Å². The predicted octanol–water partition coefficient (Wildman–Crippen LogP) is 0.204. The number of esters is 1. The van der Waals surface area contributed by atoms with E-state index >= 15 is 0 Å². The number of aromatic amines is 1. The number of aromatic nitrogens is 2. The highest BCUT2D eigenvalue weighted by molar-refractivity contribution is 5.89. The van der Waals surface area contributed by atoms with Crippen molar-refractivity contribution in [1.29, 1.82) is 0 Å². The topological polar surface area (TPSA) is 103 Å². The number of hydrogen-bond acceptors (Lipinski definition) is 7. The van der Waals surface area contributed by atoms with E-state index in [1.165, 1.54) is 6.07 Å². The van der Waals surface area contributed by atoms with Crippen molar-refractivity contribution in [2.75, 3.05) is 44.4 Å². The predicted molar refractivity (Wildman–Crippen MR) is 97.0 cm³/mol. The van der Waals surface area contributed by atoms with Gasteiger partial charge in [0.05, 0.1) is 25.4 Å². The molecule has 0 amide bonds. The van der Waals surface area contributed by atoms with Crippen LogP contribution in [0.1, 0.15) is 10.4 Å². The number of rotatable bonds is 7. The lowest BCUT2D eigenvalue weighted by Gasteiger charge is -2.28. The van der Waals surface area contributed by atoms with Crippen LogP contribution in [0.15, 0.2) is 46.0 Å². The summed E-state index contributed by atoms with van der Waals surface area (Å²) in [5, 5.41) is 0. The van der Waals surface area contributed by atoms with Gasteiger partial charge >= 0.3 is 11.7 Å². The number of anilines is 1. The second kappa shape index (κ2) is 9.15. The Labute approximate surface area is 155 Å². The van der Waals surface area contributed by atoms with Gasteiger partial charge in [0.2, 0.25) is 0 Å². The molecular weight excluding hydrogens is 354 g/mol. The summed E-state index contributed by atoms with van der Waals surface area (Å²) in [6.07, 6.45) is 0. The minimum Gasteiger partial charge on any atom is -0.460 e. The largest absolute Gasteiger partial charge is 0.460 e. The van der Waals surface area contributed by atoms with Crippen molar-refractivity contribution in [3.8, 4) is 0 Å². The number of carbonyl (C=O) groups excluding carboxylic acids is 1. The lowest BCUT2D eigenvalue weighted by molar-refractivity contribution is 0.0156. The minimum absolute atomic E-state index is 0.0201. The molecule has 0 bridgehead atoms. The van der Waals surface area contributed by atoms with Gasteiger partial charge < -0.3 is 19.1 Å². The maximum atomic E-state index is 12.2. The average Bonchev–Trinajstić information content (AvgIpc) is 2.70. The van der Waals surface area contributed by atoms with Crippen LogP contribution in [-0.2, 0) is 20.9 Å². The molecule has 9 heteroatoms. The van der Waals surface area contributed by atoms with Crippen LogP contribution in [0.25, 0.3) is 0 Å². The van der Waals surface area contributed by atoms with Crippen LogP contribution in [0, 0.1) is 0 Å². The van der Waals surface area contributed by atoms with Crippen molar-refractivity contribution in [3.63, 3.8) is 0 Å². The molecule has 2 heterocycles. The third-order valence-corrected chi connectivity index (χ3v) is 4.05. The summed E-state index contributed by atoms with van der Waals surface area (Å²) in [7, 11) is 0. The number of benzene rings is 1. The molecule has 1 aromatic heterocycles. The van der Waals surface area contributed by atoms with Crippen LogP contribution >= 0.6 is 0 Å². The Hall–Kier alpha value is -2.91. The van der Waals surface area contributed by atoms with Crippen molar-refractivity contribution in [1.82, 2.24) is 9.55 Å². The van der Waals surface area contributed by atoms with E-state index in [2.05, 4.69) is 4.98 Å². The van der Waals surface area contributed by atoms with Crippen molar-refractivity contribution >= 4 is 11.8 Å². The van der Waals surface area contributed by atoms with Gasteiger partial charge in [-0.3, -0.25) is 9.78 Å². The summed E-state index contributed by atoms with van der Waals surface area (Å²) in [6.45, 7) is 2.19. The SMILES string of the molecule is O=C(OCCOCn1c(=O)cc(N2CCOCC2)[nH]c1=O)c1ccccc1. The van der Waals surface area contributed by atoms with E-state index in [4.69, 9.17) is 14.2 Å². The second-order valence-corrected chi connectivity index (χ2v) is 5.86. The van der Waals surface area contributed by atoms with Gasteiger partial charge in [0.25, 0.3) is 5.56 Å². The van der Waals surface area contributed by atoms with Gasteiger partial charge in [-0.2, -0.15) is 0 Å². The third kappa shape index (κ3) is 5.05. The Morgan fingerprint density at radius 2 is 1.85 bits per heavy atom. The number of hydrogen-bond donors (Lipinski definition) is 1. The molecule has 1 N–H and O–H groups in total. The molecule has 144 valence electrons. The molecule has 1 saturated heterocycles. The Balaban J connectivity index is 1.49. The van der Waals surface area contributed by atoms with Gasteiger partial charge in [-0.25, -0.2) is 14.2 Å². The first-order chi connectivity index (χ1) is 13.1. The van der Waals surface area contributed by atoms with E-state index in [1.54, 1.807) is 30.3 Å². The summed E-state index contributed by atoms with van der Waals surface area (Å²) in [5.41, 5.74) is -0.560. The molecule has 27 heavy (non-hydrogen) atoms. The summed E-state index contributed by atoms with van der Waals surface area (Å²) < 4.78 is 16.6. The molecule has 1 aliphatic rings. The van der Waals surface area contributed by atoms with Crippen molar-refractivity contribution in [2.45, 2.75) is 6.73 Å². The Bertz CT molecular complexity index is 839. The molecule has 0 radical (unpaired) electrons. The van der Waals surface area contributed by atoms with Crippen molar-refractivity contribution in [3.05, 3.63) is 62.8 Å². The van der Waals surface area contributed by atoms with Crippen LogP contribution in [0.5, 0.6) is 0 Å². The highest BCUT2D eigenvalue weighted by Crippen LogP contribution is 2.07. The molecule has 0 saturated carbocycles. The normalized spacial score (nSPS) is 14.1. The molecule has 0 atom stereocenters. The zero-order chi connectivity index (χ0) is 19.1. The van der Waals surface area contributed by atoms with Crippen molar-refractivity contribution in [2.24, 2.45) is 0 Å².